The number of methoxy groups -OCH3 is 1. The van der Waals surface area contributed by atoms with Crippen LogP contribution in [0.15, 0.2) is 42.5 Å². The van der Waals surface area contributed by atoms with Gasteiger partial charge in [0.25, 0.3) is 0 Å². The van der Waals surface area contributed by atoms with Crippen molar-refractivity contribution in [2.75, 3.05) is 12.4 Å². The Morgan fingerprint density at radius 3 is 2.59 bits per heavy atom. The zero-order chi connectivity index (χ0) is 16.1. The molecule has 0 heterocycles. The van der Waals surface area contributed by atoms with Crippen molar-refractivity contribution < 1.29 is 14.3 Å². The number of halogens is 1. The van der Waals surface area contributed by atoms with Crippen molar-refractivity contribution in [3.63, 3.8) is 0 Å². The normalized spacial score (nSPS) is 10.1. The molecule has 2 aromatic carbocycles. The van der Waals surface area contributed by atoms with Crippen LogP contribution in [0.1, 0.15) is 21.5 Å². The van der Waals surface area contributed by atoms with E-state index in [-0.39, 0.29) is 12.3 Å². The summed E-state index contributed by atoms with van der Waals surface area (Å²) in [4.78, 5) is 23.7. The molecule has 2 rings (SSSR count). The largest absolute Gasteiger partial charge is 0.465 e. The summed E-state index contributed by atoms with van der Waals surface area (Å²) < 4.78 is 4.65. The predicted octanol–water partition coefficient (Wildman–Crippen LogP) is 3.62. The molecule has 22 heavy (non-hydrogen) atoms. The lowest BCUT2D eigenvalue weighted by Crippen LogP contribution is -2.16. The smallest absolute Gasteiger partial charge is 0.337 e. The van der Waals surface area contributed by atoms with E-state index in [1.807, 2.05) is 31.2 Å². The first-order valence-corrected chi connectivity index (χ1v) is 7.11. The Bertz CT molecular complexity index is 713. The first-order chi connectivity index (χ1) is 10.5. The van der Waals surface area contributed by atoms with E-state index in [0.29, 0.717) is 16.3 Å². The molecule has 0 saturated heterocycles. The molecule has 0 radical (unpaired) electrons. The van der Waals surface area contributed by atoms with Gasteiger partial charge in [-0.3, -0.25) is 4.79 Å². The van der Waals surface area contributed by atoms with Crippen LogP contribution in [-0.2, 0) is 16.0 Å². The van der Waals surface area contributed by atoms with Gasteiger partial charge >= 0.3 is 5.97 Å². The van der Waals surface area contributed by atoms with Crippen molar-refractivity contribution >= 4 is 29.2 Å². The van der Waals surface area contributed by atoms with Crippen LogP contribution in [0, 0.1) is 6.92 Å². The molecule has 0 atom stereocenters. The minimum absolute atomic E-state index is 0.196. The van der Waals surface area contributed by atoms with E-state index in [4.69, 9.17) is 11.6 Å². The van der Waals surface area contributed by atoms with Crippen LogP contribution < -0.4 is 5.32 Å². The predicted molar refractivity (Wildman–Crippen MR) is 86.3 cm³/mol. The molecular formula is C17H16ClNO3. The van der Waals surface area contributed by atoms with Crippen molar-refractivity contribution in [2.45, 2.75) is 13.3 Å². The van der Waals surface area contributed by atoms with Gasteiger partial charge in [-0.1, -0.05) is 35.9 Å². The Balaban J connectivity index is 2.14. The highest BCUT2D eigenvalue weighted by Crippen LogP contribution is 2.24. The van der Waals surface area contributed by atoms with E-state index in [2.05, 4.69) is 10.1 Å². The number of hydrogen-bond acceptors (Lipinski definition) is 3. The number of esters is 1. The second-order valence-corrected chi connectivity index (χ2v) is 5.24. The fourth-order valence-corrected chi connectivity index (χ4v) is 2.21. The third kappa shape index (κ3) is 3.86. The van der Waals surface area contributed by atoms with E-state index in [0.717, 1.165) is 11.1 Å². The van der Waals surface area contributed by atoms with Crippen LogP contribution in [0.4, 0.5) is 5.69 Å². The fraction of sp³-hybridized carbons (Fsp3) is 0.176. The molecule has 1 amide bonds. The fourth-order valence-electron chi connectivity index (χ4n) is 2.04. The molecule has 0 spiro atoms. The summed E-state index contributed by atoms with van der Waals surface area (Å²) in [5.74, 6) is -0.677. The molecule has 5 heteroatoms. The number of aryl methyl sites for hydroxylation is 1. The number of carbonyl (C=O) groups is 2. The number of anilines is 1. The summed E-state index contributed by atoms with van der Waals surface area (Å²) in [6.07, 6.45) is 0.242. The maximum Gasteiger partial charge on any atom is 0.337 e. The summed E-state index contributed by atoms with van der Waals surface area (Å²) in [6, 6.07) is 12.3. The maximum absolute atomic E-state index is 12.2. The molecule has 1 N–H and O–H groups in total. The van der Waals surface area contributed by atoms with Gasteiger partial charge in [0, 0.05) is 0 Å². The zero-order valence-electron chi connectivity index (χ0n) is 12.4. The van der Waals surface area contributed by atoms with E-state index < -0.39 is 5.97 Å². The van der Waals surface area contributed by atoms with Gasteiger partial charge in [0.05, 0.1) is 29.8 Å². The lowest BCUT2D eigenvalue weighted by molar-refractivity contribution is -0.115. The summed E-state index contributed by atoms with van der Waals surface area (Å²) in [5, 5.41) is 3.09. The molecule has 2 aromatic rings. The van der Waals surface area contributed by atoms with Crippen LogP contribution in [0.2, 0.25) is 5.02 Å². The van der Waals surface area contributed by atoms with Crippen molar-refractivity contribution in [3.05, 3.63) is 64.2 Å². The van der Waals surface area contributed by atoms with Crippen molar-refractivity contribution in [1.29, 1.82) is 0 Å². The van der Waals surface area contributed by atoms with Crippen molar-refractivity contribution in [2.24, 2.45) is 0 Å². The molecule has 0 fully saturated rings. The highest BCUT2D eigenvalue weighted by atomic mass is 35.5. The van der Waals surface area contributed by atoms with Gasteiger partial charge in [-0.05, 0) is 36.2 Å². The lowest BCUT2D eigenvalue weighted by atomic mass is 10.1. The number of benzene rings is 2. The first kappa shape index (κ1) is 16.0. The van der Waals surface area contributed by atoms with Gasteiger partial charge in [-0.15, -0.1) is 0 Å². The monoisotopic (exact) mass is 317 g/mol. The zero-order valence-corrected chi connectivity index (χ0v) is 13.1. The highest BCUT2D eigenvalue weighted by molar-refractivity contribution is 6.33. The van der Waals surface area contributed by atoms with Gasteiger partial charge in [-0.25, -0.2) is 4.79 Å². The molecular weight excluding hydrogens is 302 g/mol. The van der Waals surface area contributed by atoms with E-state index in [9.17, 15) is 9.59 Å². The van der Waals surface area contributed by atoms with Crippen LogP contribution in [0.25, 0.3) is 0 Å². The molecule has 0 aromatic heterocycles. The average molecular weight is 318 g/mol. The maximum atomic E-state index is 12.2. The molecule has 0 aliphatic rings. The molecule has 4 nitrogen and oxygen atoms in total. The van der Waals surface area contributed by atoms with Gasteiger partial charge in [-0.2, -0.15) is 0 Å². The van der Waals surface area contributed by atoms with Crippen LogP contribution >= 0.6 is 11.6 Å². The van der Waals surface area contributed by atoms with Gasteiger partial charge in [0.15, 0.2) is 0 Å². The van der Waals surface area contributed by atoms with Crippen LogP contribution in [0.3, 0.4) is 0 Å². The Labute approximate surface area is 134 Å². The first-order valence-electron chi connectivity index (χ1n) is 6.73. The van der Waals surface area contributed by atoms with Gasteiger partial charge < -0.3 is 10.1 Å². The van der Waals surface area contributed by atoms with Crippen LogP contribution in [-0.4, -0.2) is 19.0 Å². The second-order valence-electron chi connectivity index (χ2n) is 4.84. The quantitative estimate of drug-likeness (QED) is 0.876. The van der Waals surface area contributed by atoms with Crippen LogP contribution in [0.5, 0.6) is 0 Å². The van der Waals surface area contributed by atoms with E-state index >= 15 is 0 Å². The topological polar surface area (TPSA) is 55.4 Å². The number of hydrogen-bond donors (Lipinski definition) is 1. The average Bonchev–Trinajstić information content (AvgIpc) is 2.51. The number of amides is 1. The Morgan fingerprint density at radius 1 is 1.18 bits per heavy atom. The van der Waals surface area contributed by atoms with Gasteiger partial charge in [0.2, 0.25) is 5.91 Å². The summed E-state index contributed by atoms with van der Waals surface area (Å²) in [7, 11) is 1.30. The Morgan fingerprint density at radius 2 is 1.91 bits per heavy atom. The summed E-state index contributed by atoms with van der Waals surface area (Å²) in [6.45, 7) is 1.95. The third-order valence-electron chi connectivity index (χ3n) is 3.27. The molecule has 0 saturated carbocycles. The number of nitrogens with one attached hydrogen (secondary N) is 1. The Kier molecular flexibility index (Phi) is 5.17. The summed E-state index contributed by atoms with van der Waals surface area (Å²) >= 11 is 6.06. The number of carbonyl (C=O) groups excluding carboxylic acids is 2. The van der Waals surface area contributed by atoms with E-state index in [1.165, 1.54) is 13.2 Å². The molecule has 0 aliphatic heterocycles. The van der Waals surface area contributed by atoms with E-state index in [1.54, 1.807) is 12.1 Å². The lowest BCUT2D eigenvalue weighted by Gasteiger charge is -2.10. The minimum Gasteiger partial charge on any atom is -0.465 e. The highest BCUT2D eigenvalue weighted by Gasteiger charge is 2.12. The number of ether oxygens (including phenoxy) is 1. The third-order valence-corrected chi connectivity index (χ3v) is 3.60. The SMILES string of the molecule is COC(=O)c1ccc(Cl)c(NC(=O)Cc2ccccc2C)c1. The second kappa shape index (κ2) is 7.09. The van der Waals surface area contributed by atoms with Crippen molar-refractivity contribution in [1.82, 2.24) is 0 Å². The summed E-state index contributed by atoms with van der Waals surface area (Å²) in [5.41, 5.74) is 2.72. The molecule has 114 valence electrons. The molecule has 0 unspecified atom stereocenters. The van der Waals surface area contributed by atoms with Gasteiger partial charge in [0.1, 0.15) is 0 Å². The molecule has 0 bridgehead atoms. The Hall–Kier alpha value is -2.33. The molecule has 0 aliphatic carbocycles. The standard InChI is InChI=1S/C17H16ClNO3/c1-11-5-3-4-6-12(11)10-16(20)19-15-9-13(17(21)22-2)7-8-14(15)18/h3-9H,10H2,1-2H3,(H,19,20). The minimum atomic E-state index is -0.480. The number of rotatable bonds is 4. The van der Waals surface area contributed by atoms with Crippen molar-refractivity contribution in [3.8, 4) is 0 Å².